The molecule has 90 valence electrons. The van der Waals surface area contributed by atoms with Crippen LogP contribution in [0.25, 0.3) is 0 Å². The van der Waals surface area contributed by atoms with Crippen molar-refractivity contribution in [2.24, 2.45) is 11.7 Å². The molecule has 0 aliphatic heterocycles. The maximum Gasteiger partial charge on any atom is 0.0312 e. The van der Waals surface area contributed by atoms with Gasteiger partial charge in [0.05, 0.1) is 0 Å². The smallest absolute Gasteiger partial charge is 0.0312 e. The summed E-state index contributed by atoms with van der Waals surface area (Å²) in [6, 6.07) is 4.38. The minimum Gasteiger partial charge on any atom is -0.327 e. The molecule has 0 bridgehead atoms. The van der Waals surface area contributed by atoms with Crippen LogP contribution in [0, 0.1) is 5.92 Å². The second-order valence-electron chi connectivity index (χ2n) is 4.80. The molecule has 1 rings (SSSR count). The molecule has 1 unspecified atom stereocenters. The lowest BCUT2D eigenvalue weighted by molar-refractivity contribution is 0.296. The van der Waals surface area contributed by atoms with Gasteiger partial charge >= 0.3 is 0 Å². The average Bonchev–Trinajstić information content (AvgIpc) is 2.27. The van der Waals surface area contributed by atoms with Gasteiger partial charge in [0.15, 0.2) is 0 Å². The first-order chi connectivity index (χ1) is 7.59. The SMILES string of the molecule is CC(C)C(N)CCN(C)Cc1cccnc1. The lowest BCUT2D eigenvalue weighted by Crippen LogP contribution is -2.31. The Morgan fingerprint density at radius 1 is 1.44 bits per heavy atom. The topological polar surface area (TPSA) is 42.1 Å². The molecular weight excluding hydrogens is 198 g/mol. The van der Waals surface area contributed by atoms with E-state index < -0.39 is 0 Å². The summed E-state index contributed by atoms with van der Waals surface area (Å²) in [5.74, 6) is 0.562. The third kappa shape index (κ3) is 4.73. The molecule has 0 amide bonds. The first-order valence-corrected chi connectivity index (χ1v) is 5.92. The molecule has 1 aromatic heterocycles. The Morgan fingerprint density at radius 2 is 2.19 bits per heavy atom. The van der Waals surface area contributed by atoms with E-state index in [0.29, 0.717) is 12.0 Å². The summed E-state index contributed by atoms with van der Waals surface area (Å²) in [6.45, 7) is 6.32. The van der Waals surface area contributed by atoms with Gasteiger partial charge in [0.1, 0.15) is 0 Å². The van der Waals surface area contributed by atoms with E-state index in [1.54, 1.807) is 6.20 Å². The van der Waals surface area contributed by atoms with Crippen molar-refractivity contribution in [3.63, 3.8) is 0 Å². The van der Waals surface area contributed by atoms with E-state index in [1.807, 2.05) is 12.3 Å². The van der Waals surface area contributed by atoms with Gasteiger partial charge in [-0.1, -0.05) is 19.9 Å². The fraction of sp³-hybridized carbons (Fsp3) is 0.615. The minimum atomic E-state index is 0.302. The predicted molar refractivity (Wildman–Crippen MR) is 68.0 cm³/mol. The number of rotatable bonds is 6. The molecule has 0 aliphatic carbocycles. The standard InChI is InChI=1S/C13H23N3/c1-11(2)13(14)6-8-16(3)10-12-5-4-7-15-9-12/h4-5,7,9,11,13H,6,8,10,14H2,1-3H3. The first-order valence-electron chi connectivity index (χ1n) is 5.92. The molecule has 0 aliphatic rings. The summed E-state index contributed by atoms with van der Waals surface area (Å²) in [5.41, 5.74) is 7.27. The zero-order chi connectivity index (χ0) is 12.0. The second kappa shape index (κ2) is 6.61. The van der Waals surface area contributed by atoms with Gasteiger partial charge in [-0.2, -0.15) is 0 Å². The maximum absolute atomic E-state index is 6.02. The van der Waals surface area contributed by atoms with Gasteiger partial charge in [-0.25, -0.2) is 0 Å². The van der Waals surface area contributed by atoms with Crippen LogP contribution in [-0.4, -0.2) is 29.5 Å². The Labute approximate surface area is 98.7 Å². The van der Waals surface area contributed by atoms with E-state index in [0.717, 1.165) is 19.5 Å². The van der Waals surface area contributed by atoms with Crippen LogP contribution in [0.2, 0.25) is 0 Å². The average molecular weight is 221 g/mol. The molecular formula is C13H23N3. The highest BCUT2D eigenvalue weighted by molar-refractivity contribution is 5.07. The number of nitrogens with two attached hydrogens (primary N) is 1. The van der Waals surface area contributed by atoms with E-state index in [1.165, 1.54) is 5.56 Å². The van der Waals surface area contributed by atoms with Crippen LogP contribution in [0.15, 0.2) is 24.5 Å². The molecule has 1 aromatic rings. The fourth-order valence-corrected chi connectivity index (χ4v) is 1.59. The molecule has 0 aromatic carbocycles. The zero-order valence-corrected chi connectivity index (χ0v) is 10.6. The van der Waals surface area contributed by atoms with Gasteiger partial charge < -0.3 is 10.6 Å². The molecule has 3 nitrogen and oxygen atoms in total. The molecule has 0 fully saturated rings. The normalized spacial score (nSPS) is 13.4. The summed E-state index contributed by atoms with van der Waals surface area (Å²) < 4.78 is 0. The van der Waals surface area contributed by atoms with Crippen molar-refractivity contribution in [1.82, 2.24) is 9.88 Å². The predicted octanol–water partition coefficient (Wildman–Crippen LogP) is 1.89. The van der Waals surface area contributed by atoms with Crippen LogP contribution in [0.3, 0.4) is 0 Å². The van der Waals surface area contributed by atoms with E-state index in [4.69, 9.17) is 5.73 Å². The van der Waals surface area contributed by atoms with Gasteiger partial charge in [0, 0.05) is 25.0 Å². The van der Waals surface area contributed by atoms with E-state index in [2.05, 4.69) is 36.8 Å². The Bertz CT molecular complexity index is 284. The molecule has 0 spiro atoms. The third-order valence-electron chi connectivity index (χ3n) is 2.88. The van der Waals surface area contributed by atoms with Gasteiger partial charge in [0.2, 0.25) is 0 Å². The van der Waals surface area contributed by atoms with Crippen molar-refractivity contribution in [2.45, 2.75) is 32.9 Å². The van der Waals surface area contributed by atoms with Crippen LogP contribution in [-0.2, 0) is 6.54 Å². The largest absolute Gasteiger partial charge is 0.327 e. The molecule has 0 radical (unpaired) electrons. The van der Waals surface area contributed by atoms with Crippen molar-refractivity contribution in [1.29, 1.82) is 0 Å². The molecule has 0 saturated heterocycles. The van der Waals surface area contributed by atoms with Crippen LogP contribution in [0.4, 0.5) is 0 Å². The highest BCUT2D eigenvalue weighted by Crippen LogP contribution is 2.06. The first kappa shape index (κ1) is 13.1. The monoisotopic (exact) mass is 221 g/mol. The quantitative estimate of drug-likeness (QED) is 0.797. The van der Waals surface area contributed by atoms with Crippen molar-refractivity contribution in [3.05, 3.63) is 30.1 Å². The molecule has 0 saturated carbocycles. The Morgan fingerprint density at radius 3 is 2.75 bits per heavy atom. The molecule has 2 N–H and O–H groups in total. The van der Waals surface area contributed by atoms with Gasteiger partial charge in [-0.3, -0.25) is 4.98 Å². The zero-order valence-electron chi connectivity index (χ0n) is 10.6. The third-order valence-corrected chi connectivity index (χ3v) is 2.88. The number of pyridine rings is 1. The minimum absolute atomic E-state index is 0.302. The van der Waals surface area contributed by atoms with Crippen molar-refractivity contribution in [2.75, 3.05) is 13.6 Å². The van der Waals surface area contributed by atoms with Crippen LogP contribution in [0.1, 0.15) is 25.8 Å². The van der Waals surface area contributed by atoms with E-state index in [-0.39, 0.29) is 0 Å². The number of hydrogen-bond acceptors (Lipinski definition) is 3. The second-order valence-corrected chi connectivity index (χ2v) is 4.80. The Kier molecular flexibility index (Phi) is 5.43. The lowest BCUT2D eigenvalue weighted by atomic mass is 10.0. The molecule has 3 heteroatoms. The van der Waals surface area contributed by atoms with Gasteiger partial charge in [-0.05, 0) is 37.6 Å². The lowest BCUT2D eigenvalue weighted by Gasteiger charge is -2.21. The molecule has 16 heavy (non-hydrogen) atoms. The Hall–Kier alpha value is -0.930. The fourth-order valence-electron chi connectivity index (χ4n) is 1.59. The molecule has 1 heterocycles. The van der Waals surface area contributed by atoms with Gasteiger partial charge in [-0.15, -0.1) is 0 Å². The van der Waals surface area contributed by atoms with Crippen LogP contribution in [0.5, 0.6) is 0 Å². The van der Waals surface area contributed by atoms with Crippen molar-refractivity contribution >= 4 is 0 Å². The highest BCUT2D eigenvalue weighted by atomic mass is 15.1. The number of aromatic nitrogens is 1. The Balaban J connectivity index is 2.29. The summed E-state index contributed by atoms with van der Waals surface area (Å²) >= 11 is 0. The number of hydrogen-bond donors (Lipinski definition) is 1. The summed E-state index contributed by atoms with van der Waals surface area (Å²) in [5, 5.41) is 0. The van der Waals surface area contributed by atoms with Crippen LogP contribution < -0.4 is 5.73 Å². The van der Waals surface area contributed by atoms with E-state index in [9.17, 15) is 0 Å². The van der Waals surface area contributed by atoms with Gasteiger partial charge in [0.25, 0.3) is 0 Å². The number of nitrogens with zero attached hydrogens (tertiary/aromatic N) is 2. The summed E-state index contributed by atoms with van der Waals surface area (Å²) in [6.07, 6.45) is 4.77. The van der Waals surface area contributed by atoms with Crippen LogP contribution >= 0.6 is 0 Å². The van der Waals surface area contributed by atoms with Crippen molar-refractivity contribution in [3.8, 4) is 0 Å². The highest BCUT2D eigenvalue weighted by Gasteiger charge is 2.08. The summed E-state index contributed by atoms with van der Waals surface area (Å²) in [7, 11) is 2.13. The molecule has 1 atom stereocenters. The maximum atomic E-state index is 6.02. The van der Waals surface area contributed by atoms with E-state index >= 15 is 0 Å². The summed E-state index contributed by atoms with van der Waals surface area (Å²) in [4.78, 5) is 6.40. The van der Waals surface area contributed by atoms with Crippen molar-refractivity contribution < 1.29 is 0 Å².